The Kier molecular flexibility index (Phi) is 6.07. The van der Waals surface area contributed by atoms with Crippen LogP contribution >= 0.6 is 0 Å². The molecule has 1 aromatic rings. The molecule has 1 fully saturated rings. The van der Waals surface area contributed by atoms with E-state index in [1.807, 2.05) is 6.92 Å². The summed E-state index contributed by atoms with van der Waals surface area (Å²) in [5.74, 6) is 1.01. The smallest absolute Gasteiger partial charge is 0.124 e. The number of hydrogen-bond donors (Lipinski definition) is 1. The van der Waals surface area contributed by atoms with E-state index >= 15 is 0 Å². The lowest BCUT2D eigenvalue weighted by Crippen LogP contribution is -2.40. The number of nitrogens with one attached hydrogen (secondary N) is 1. The Labute approximate surface area is 129 Å². The molecule has 0 aliphatic carbocycles. The zero-order valence-corrected chi connectivity index (χ0v) is 13.9. The van der Waals surface area contributed by atoms with E-state index in [0.29, 0.717) is 18.7 Å². The summed E-state index contributed by atoms with van der Waals surface area (Å²) in [6.07, 6.45) is 3.90. The molecular formula is C18H30N2O. The fraction of sp³-hybridized carbons (Fsp3) is 0.667. The number of benzene rings is 1. The number of likely N-dealkylation sites (tertiary alicyclic amines) is 1. The molecule has 3 nitrogen and oxygen atoms in total. The fourth-order valence-electron chi connectivity index (χ4n) is 3.50. The van der Waals surface area contributed by atoms with Crippen LogP contribution in [-0.2, 0) is 0 Å². The van der Waals surface area contributed by atoms with Gasteiger partial charge in [-0.25, -0.2) is 0 Å². The summed E-state index contributed by atoms with van der Waals surface area (Å²) in [5, 5.41) is 3.49. The number of nitrogens with zero attached hydrogens (tertiary/aromatic N) is 1. The topological polar surface area (TPSA) is 24.5 Å². The average molecular weight is 290 g/mol. The van der Waals surface area contributed by atoms with Gasteiger partial charge in [0, 0.05) is 30.2 Å². The van der Waals surface area contributed by atoms with Crippen LogP contribution < -0.4 is 10.1 Å². The Hall–Kier alpha value is -1.06. The lowest BCUT2D eigenvalue weighted by molar-refractivity contribution is 0.177. The van der Waals surface area contributed by atoms with Crippen molar-refractivity contribution < 1.29 is 4.74 Å². The average Bonchev–Trinajstić information content (AvgIpc) is 2.86. The molecule has 3 atom stereocenters. The predicted octanol–water partition coefficient (Wildman–Crippen LogP) is 3.61. The molecule has 2 rings (SSSR count). The van der Waals surface area contributed by atoms with Crippen LogP contribution in [0.15, 0.2) is 24.3 Å². The molecule has 1 aliphatic rings. The van der Waals surface area contributed by atoms with Gasteiger partial charge in [0.1, 0.15) is 5.75 Å². The van der Waals surface area contributed by atoms with Gasteiger partial charge in [0.15, 0.2) is 0 Å². The molecule has 21 heavy (non-hydrogen) atoms. The molecule has 0 radical (unpaired) electrons. The van der Waals surface area contributed by atoms with Crippen LogP contribution in [0, 0.1) is 0 Å². The van der Waals surface area contributed by atoms with Crippen molar-refractivity contribution in [2.45, 2.75) is 58.2 Å². The summed E-state index contributed by atoms with van der Waals surface area (Å²) < 4.78 is 5.81. The molecule has 0 bridgehead atoms. The zero-order valence-electron chi connectivity index (χ0n) is 13.9. The third-order valence-corrected chi connectivity index (χ3v) is 4.76. The van der Waals surface area contributed by atoms with E-state index in [1.54, 1.807) is 0 Å². The molecule has 3 heteroatoms. The van der Waals surface area contributed by atoms with Gasteiger partial charge in [0.2, 0.25) is 0 Å². The lowest BCUT2D eigenvalue weighted by Gasteiger charge is -2.32. The van der Waals surface area contributed by atoms with E-state index in [4.69, 9.17) is 4.74 Å². The molecule has 0 saturated carbocycles. The highest BCUT2D eigenvalue weighted by molar-refractivity contribution is 5.36. The minimum absolute atomic E-state index is 0.322. The number of hydrogen-bond acceptors (Lipinski definition) is 3. The van der Waals surface area contributed by atoms with Crippen molar-refractivity contribution >= 4 is 0 Å². The maximum absolute atomic E-state index is 5.81. The first-order chi connectivity index (χ1) is 10.2. The van der Waals surface area contributed by atoms with Crippen molar-refractivity contribution in [2.24, 2.45) is 0 Å². The maximum atomic E-state index is 5.81. The first-order valence-corrected chi connectivity index (χ1v) is 8.35. The van der Waals surface area contributed by atoms with Crippen molar-refractivity contribution in [1.29, 1.82) is 0 Å². The van der Waals surface area contributed by atoms with Crippen LogP contribution in [0.4, 0.5) is 0 Å². The van der Waals surface area contributed by atoms with Crippen LogP contribution in [0.2, 0.25) is 0 Å². The van der Waals surface area contributed by atoms with Gasteiger partial charge in [0.05, 0.1) is 6.61 Å². The van der Waals surface area contributed by atoms with Crippen LogP contribution in [-0.4, -0.2) is 37.2 Å². The highest BCUT2D eigenvalue weighted by atomic mass is 16.5. The van der Waals surface area contributed by atoms with E-state index in [1.165, 1.54) is 24.8 Å². The predicted molar refractivity (Wildman–Crippen MR) is 88.9 cm³/mol. The normalized spacial score (nSPS) is 24.2. The molecular weight excluding hydrogens is 260 g/mol. The minimum Gasteiger partial charge on any atom is -0.494 e. The molecule has 1 N–H and O–H groups in total. The van der Waals surface area contributed by atoms with Gasteiger partial charge in [-0.1, -0.05) is 25.1 Å². The SMILES string of the molecule is CCOc1ccccc1C(CN1C(C)CCC1CC)NC. The van der Waals surface area contributed by atoms with E-state index < -0.39 is 0 Å². The van der Waals surface area contributed by atoms with Crippen LogP contribution in [0.5, 0.6) is 5.75 Å². The molecule has 3 unspecified atom stereocenters. The van der Waals surface area contributed by atoms with E-state index in [0.717, 1.165) is 18.3 Å². The molecule has 0 aromatic heterocycles. The Morgan fingerprint density at radius 2 is 2.05 bits per heavy atom. The van der Waals surface area contributed by atoms with Gasteiger partial charge in [-0.05, 0) is 46.2 Å². The van der Waals surface area contributed by atoms with E-state index in [-0.39, 0.29) is 0 Å². The van der Waals surface area contributed by atoms with Gasteiger partial charge in [-0.3, -0.25) is 4.90 Å². The van der Waals surface area contributed by atoms with Crippen LogP contribution in [0.1, 0.15) is 51.6 Å². The fourth-order valence-corrected chi connectivity index (χ4v) is 3.50. The van der Waals surface area contributed by atoms with Crippen molar-refractivity contribution in [3.05, 3.63) is 29.8 Å². The van der Waals surface area contributed by atoms with Crippen LogP contribution in [0.3, 0.4) is 0 Å². The number of ether oxygens (including phenoxy) is 1. The van der Waals surface area contributed by atoms with E-state index in [2.05, 4.69) is 55.4 Å². The molecule has 0 spiro atoms. The number of para-hydroxylation sites is 1. The van der Waals surface area contributed by atoms with Gasteiger partial charge in [0.25, 0.3) is 0 Å². The van der Waals surface area contributed by atoms with E-state index in [9.17, 15) is 0 Å². The quantitative estimate of drug-likeness (QED) is 0.830. The third kappa shape index (κ3) is 3.78. The van der Waals surface area contributed by atoms with Gasteiger partial charge < -0.3 is 10.1 Å². The molecule has 0 amide bonds. The van der Waals surface area contributed by atoms with Crippen molar-refractivity contribution in [2.75, 3.05) is 20.2 Å². The monoisotopic (exact) mass is 290 g/mol. The number of likely N-dealkylation sites (N-methyl/N-ethyl adjacent to an activating group) is 1. The van der Waals surface area contributed by atoms with Crippen LogP contribution in [0.25, 0.3) is 0 Å². The van der Waals surface area contributed by atoms with Gasteiger partial charge >= 0.3 is 0 Å². The Bertz CT molecular complexity index is 435. The largest absolute Gasteiger partial charge is 0.494 e. The second-order valence-corrected chi connectivity index (χ2v) is 6.00. The summed E-state index contributed by atoms with van der Waals surface area (Å²) in [6.45, 7) is 8.47. The molecule has 118 valence electrons. The molecule has 1 aromatic carbocycles. The minimum atomic E-state index is 0.322. The first-order valence-electron chi connectivity index (χ1n) is 8.35. The summed E-state index contributed by atoms with van der Waals surface area (Å²) in [7, 11) is 2.05. The summed E-state index contributed by atoms with van der Waals surface area (Å²) in [5.41, 5.74) is 1.27. The van der Waals surface area contributed by atoms with Gasteiger partial charge in [-0.15, -0.1) is 0 Å². The van der Waals surface area contributed by atoms with Crippen molar-refractivity contribution in [3.63, 3.8) is 0 Å². The summed E-state index contributed by atoms with van der Waals surface area (Å²) >= 11 is 0. The zero-order chi connectivity index (χ0) is 15.2. The summed E-state index contributed by atoms with van der Waals surface area (Å²) in [6, 6.07) is 10.2. The second kappa shape index (κ2) is 7.81. The Balaban J connectivity index is 2.16. The highest BCUT2D eigenvalue weighted by Gasteiger charge is 2.31. The maximum Gasteiger partial charge on any atom is 0.124 e. The third-order valence-electron chi connectivity index (χ3n) is 4.76. The summed E-state index contributed by atoms with van der Waals surface area (Å²) in [4.78, 5) is 2.67. The molecule has 1 aliphatic heterocycles. The first kappa shape index (κ1) is 16.3. The van der Waals surface area contributed by atoms with Crippen molar-refractivity contribution in [1.82, 2.24) is 10.2 Å². The molecule has 1 saturated heterocycles. The van der Waals surface area contributed by atoms with Crippen molar-refractivity contribution in [3.8, 4) is 5.75 Å². The Morgan fingerprint density at radius 3 is 2.71 bits per heavy atom. The highest BCUT2D eigenvalue weighted by Crippen LogP contribution is 2.31. The second-order valence-electron chi connectivity index (χ2n) is 6.00. The van der Waals surface area contributed by atoms with Gasteiger partial charge in [-0.2, -0.15) is 0 Å². The number of rotatable bonds is 7. The standard InChI is InChI=1S/C18H30N2O/c1-5-15-12-11-14(3)20(15)13-17(19-4)16-9-7-8-10-18(16)21-6-2/h7-10,14-15,17,19H,5-6,11-13H2,1-4H3. The molecule has 1 heterocycles. The Morgan fingerprint density at radius 1 is 1.29 bits per heavy atom. The lowest BCUT2D eigenvalue weighted by atomic mass is 10.0.